The number of fused-ring (bicyclic) bond motifs is 1. The molecule has 4 atom stereocenters. The van der Waals surface area contributed by atoms with Crippen LogP contribution in [0.15, 0.2) is 0 Å². The number of epoxide rings is 1. The van der Waals surface area contributed by atoms with Gasteiger partial charge in [-0.3, -0.25) is 9.59 Å². The topological polar surface area (TPSA) is 87.1 Å². The van der Waals surface area contributed by atoms with Crippen LogP contribution >= 0.6 is 0 Å². The first-order valence-electron chi connectivity index (χ1n) is 7.68. The molecule has 0 spiro atoms. The molecule has 0 amide bonds. The number of carbonyl (C=O) groups is 2. The second kappa shape index (κ2) is 7.25. The quantitative estimate of drug-likeness (QED) is 0.779. The molecule has 5 heteroatoms. The van der Waals surface area contributed by atoms with Crippen molar-refractivity contribution < 1.29 is 24.5 Å². The number of hydrogen-bond acceptors (Lipinski definition) is 3. The van der Waals surface area contributed by atoms with Gasteiger partial charge in [-0.1, -0.05) is 27.7 Å². The summed E-state index contributed by atoms with van der Waals surface area (Å²) in [6, 6.07) is 0. The van der Waals surface area contributed by atoms with Gasteiger partial charge in [-0.15, -0.1) is 0 Å². The molecule has 2 rings (SSSR count). The van der Waals surface area contributed by atoms with Gasteiger partial charge in [0.15, 0.2) is 0 Å². The van der Waals surface area contributed by atoms with E-state index in [9.17, 15) is 9.59 Å². The van der Waals surface area contributed by atoms with Crippen molar-refractivity contribution in [2.75, 3.05) is 0 Å². The number of carboxylic acid groups (broad SMARTS) is 2. The lowest BCUT2D eigenvalue weighted by Crippen LogP contribution is -2.21. The van der Waals surface area contributed by atoms with Crippen LogP contribution in [0.5, 0.6) is 0 Å². The predicted molar refractivity (Wildman–Crippen MR) is 79.1 cm³/mol. The molecule has 0 bridgehead atoms. The lowest BCUT2D eigenvalue weighted by atomic mass is 9.84. The summed E-state index contributed by atoms with van der Waals surface area (Å²) in [5, 5.41) is 17.1. The average Bonchev–Trinajstić information content (AvgIpc) is 3.03. The SMILES string of the molecule is CC(CC(=O)O)CC(C)(C)C.O=C(O)C1CCC2OC2C1. The molecule has 1 saturated heterocycles. The molecule has 0 aromatic carbocycles. The fraction of sp³-hybridized carbons (Fsp3) is 0.875. The summed E-state index contributed by atoms with van der Waals surface area (Å²) >= 11 is 0. The van der Waals surface area contributed by atoms with Crippen LogP contribution in [-0.4, -0.2) is 34.4 Å². The minimum atomic E-state index is -0.693. The van der Waals surface area contributed by atoms with Crippen molar-refractivity contribution >= 4 is 11.9 Å². The van der Waals surface area contributed by atoms with Crippen molar-refractivity contribution in [3.05, 3.63) is 0 Å². The molecule has 0 aromatic rings. The van der Waals surface area contributed by atoms with E-state index in [4.69, 9.17) is 14.9 Å². The summed E-state index contributed by atoms with van der Waals surface area (Å²) in [4.78, 5) is 20.8. The molecule has 1 aliphatic heterocycles. The van der Waals surface area contributed by atoms with Crippen LogP contribution in [0.3, 0.4) is 0 Å². The lowest BCUT2D eigenvalue weighted by molar-refractivity contribution is -0.142. The summed E-state index contributed by atoms with van der Waals surface area (Å²) in [5.74, 6) is -1.20. The zero-order valence-corrected chi connectivity index (χ0v) is 13.5. The molecule has 0 aromatic heterocycles. The monoisotopic (exact) mass is 300 g/mol. The predicted octanol–water partition coefficient (Wildman–Crippen LogP) is 3.17. The van der Waals surface area contributed by atoms with Gasteiger partial charge in [0.05, 0.1) is 18.1 Å². The second-order valence-electron chi connectivity index (χ2n) is 7.53. The second-order valence-corrected chi connectivity index (χ2v) is 7.53. The maximum atomic E-state index is 10.5. The number of aliphatic carboxylic acids is 2. The number of ether oxygens (including phenoxy) is 1. The Hall–Kier alpha value is -1.10. The molecule has 5 nitrogen and oxygen atoms in total. The Morgan fingerprint density at radius 3 is 2.24 bits per heavy atom. The molecule has 4 unspecified atom stereocenters. The Bertz CT molecular complexity index is 371. The maximum absolute atomic E-state index is 10.5. The third-order valence-corrected chi connectivity index (χ3v) is 3.84. The van der Waals surface area contributed by atoms with Crippen LogP contribution in [0, 0.1) is 17.3 Å². The fourth-order valence-electron chi connectivity index (χ4n) is 3.04. The smallest absolute Gasteiger partial charge is 0.306 e. The molecular weight excluding hydrogens is 272 g/mol. The van der Waals surface area contributed by atoms with E-state index in [0.29, 0.717) is 6.10 Å². The van der Waals surface area contributed by atoms with Gasteiger partial charge < -0.3 is 14.9 Å². The molecular formula is C16H28O5. The molecule has 2 aliphatic rings. The normalized spacial score (nSPS) is 28.7. The highest BCUT2D eigenvalue weighted by Crippen LogP contribution is 2.39. The largest absolute Gasteiger partial charge is 0.481 e. The number of carboxylic acids is 2. The molecule has 1 aliphatic carbocycles. The molecule has 21 heavy (non-hydrogen) atoms. The highest BCUT2D eigenvalue weighted by molar-refractivity contribution is 5.70. The maximum Gasteiger partial charge on any atom is 0.306 e. The van der Waals surface area contributed by atoms with Crippen molar-refractivity contribution in [2.24, 2.45) is 17.3 Å². The highest BCUT2D eigenvalue weighted by Gasteiger charge is 2.45. The Labute approximate surface area is 126 Å². The Morgan fingerprint density at radius 2 is 1.81 bits per heavy atom. The van der Waals surface area contributed by atoms with E-state index in [-0.39, 0.29) is 29.8 Å². The summed E-state index contributed by atoms with van der Waals surface area (Å²) in [6.45, 7) is 8.38. The minimum Gasteiger partial charge on any atom is -0.481 e. The highest BCUT2D eigenvalue weighted by atomic mass is 16.6. The van der Waals surface area contributed by atoms with Crippen LogP contribution < -0.4 is 0 Å². The van der Waals surface area contributed by atoms with Crippen LogP contribution in [0.1, 0.15) is 59.8 Å². The lowest BCUT2D eigenvalue weighted by Gasteiger charge is -2.21. The van der Waals surface area contributed by atoms with Gasteiger partial charge in [0.1, 0.15) is 0 Å². The zero-order valence-electron chi connectivity index (χ0n) is 13.5. The summed E-state index contributed by atoms with van der Waals surface area (Å²) in [7, 11) is 0. The Balaban J connectivity index is 0.000000210. The van der Waals surface area contributed by atoms with E-state index in [1.54, 1.807) is 0 Å². The molecule has 1 heterocycles. The summed E-state index contributed by atoms with van der Waals surface area (Å²) in [6.07, 6.45) is 4.44. The summed E-state index contributed by atoms with van der Waals surface area (Å²) in [5.41, 5.74) is 0.245. The van der Waals surface area contributed by atoms with Crippen molar-refractivity contribution in [3.63, 3.8) is 0 Å². The molecule has 2 N–H and O–H groups in total. The number of rotatable bonds is 4. The third kappa shape index (κ3) is 7.46. The minimum absolute atomic E-state index is 0.135. The first-order chi connectivity index (χ1) is 9.58. The molecule has 1 saturated carbocycles. The van der Waals surface area contributed by atoms with Crippen LogP contribution in [0.25, 0.3) is 0 Å². The van der Waals surface area contributed by atoms with Crippen molar-refractivity contribution in [3.8, 4) is 0 Å². The Morgan fingerprint density at radius 1 is 1.19 bits per heavy atom. The number of hydrogen-bond donors (Lipinski definition) is 2. The van der Waals surface area contributed by atoms with Gasteiger partial charge in [-0.2, -0.15) is 0 Å². The van der Waals surface area contributed by atoms with Crippen LogP contribution in [0.2, 0.25) is 0 Å². The van der Waals surface area contributed by atoms with Gasteiger partial charge in [-0.05, 0) is 37.0 Å². The first kappa shape index (κ1) is 18.0. The first-order valence-corrected chi connectivity index (χ1v) is 7.68. The van der Waals surface area contributed by atoms with Gasteiger partial charge in [0.2, 0.25) is 0 Å². The van der Waals surface area contributed by atoms with E-state index in [2.05, 4.69) is 20.8 Å². The van der Waals surface area contributed by atoms with Crippen molar-refractivity contribution in [1.82, 2.24) is 0 Å². The molecule has 2 fully saturated rings. The van der Waals surface area contributed by atoms with Gasteiger partial charge >= 0.3 is 11.9 Å². The Kier molecular flexibility index (Phi) is 6.20. The van der Waals surface area contributed by atoms with E-state index in [0.717, 1.165) is 25.7 Å². The van der Waals surface area contributed by atoms with Gasteiger partial charge in [0.25, 0.3) is 0 Å². The third-order valence-electron chi connectivity index (χ3n) is 3.84. The fourth-order valence-corrected chi connectivity index (χ4v) is 3.04. The van der Waals surface area contributed by atoms with E-state index in [1.807, 2.05) is 6.92 Å². The average molecular weight is 300 g/mol. The molecule has 122 valence electrons. The van der Waals surface area contributed by atoms with Crippen LogP contribution in [-0.2, 0) is 14.3 Å². The standard InChI is InChI=1S/C9H18O2.C7H10O3/c1-7(5-8(10)11)6-9(2,3)4;8-7(9)4-1-2-5-6(3-4)10-5/h7H,5-6H2,1-4H3,(H,10,11);4-6H,1-3H2,(H,8,9). The van der Waals surface area contributed by atoms with E-state index in [1.165, 1.54) is 0 Å². The van der Waals surface area contributed by atoms with Crippen molar-refractivity contribution in [2.45, 2.75) is 72.0 Å². The van der Waals surface area contributed by atoms with Gasteiger partial charge in [-0.25, -0.2) is 0 Å². The molecule has 0 radical (unpaired) electrons. The van der Waals surface area contributed by atoms with Crippen LogP contribution in [0.4, 0.5) is 0 Å². The van der Waals surface area contributed by atoms with E-state index >= 15 is 0 Å². The summed E-state index contributed by atoms with van der Waals surface area (Å²) < 4.78 is 5.19. The van der Waals surface area contributed by atoms with Crippen molar-refractivity contribution in [1.29, 1.82) is 0 Å². The zero-order chi connectivity index (χ0) is 16.2. The van der Waals surface area contributed by atoms with E-state index < -0.39 is 11.9 Å². The van der Waals surface area contributed by atoms with Gasteiger partial charge in [0, 0.05) is 6.42 Å².